The Morgan fingerprint density at radius 2 is 1.75 bits per heavy atom. The lowest BCUT2D eigenvalue weighted by Crippen LogP contribution is -2.35. The van der Waals surface area contributed by atoms with E-state index in [0.29, 0.717) is 22.7 Å². The molecule has 4 rings (SSSR count). The van der Waals surface area contributed by atoms with Gasteiger partial charge >= 0.3 is 0 Å². The van der Waals surface area contributed by atoms with Crippen molar-refractivity contribution in [1.29, 1.82) is 0 Å². The molecule has 3 aromatic rings. The van der Waals surface area contributed by atoms with Gasteiger partial charge in [-0.2, -0.15) is 0 Å². The number of hydrogen-bond acceptors (Lipinski definition) is 3. The summed E-state index contributed by atoms with van der Waals surface area (Å²) in [7, 11) is -3.77. The molecule has 32 heavy (non-hydrogen) atoms. The summed E-state index contributed by atoms with van der Waals surface area (Å²) in [5.74, 6) is -0.616. The average Bonchev–Trinajstić information content (AvgIpc) is 3.10. The number of carbonyl (C=O) groups is 1. The highest BCUT2D eigenvalue weighted by atomic mass is 35.5. The van der Waals surface area contributed by atoms with Crippen molar-refractivity contribution in [2.75, 3.05) is 4.31 Å². The molecular weight excluding hydrogens is 451 g/mol. The van der Waals surface area contributed by atoms with Crippen LogP contribution in [-0.4, -0.2) is 20.4 Å². The third-order valence-electron chi connectivity index (χ3n) is 5.58. The van der Waals surface area contributed by atoms with Crippen molar-refractivity contribution in [3.05, 3.63) is 94.3 Å². The Morgan fingerprint density at radius 1 is 1.09 bits per heavy atom. The summed E-state index contributed by atoms with van der Waals surface area (Å²) in [6, 6.07) is 16.5. The van der Waals surface area contributed by atoms with E-state index in [0.717, 1.165) is 11.1 Å². The van der Waals surface area contributed by atoms with Crippen LogP contribution in [0.5, 0.6) is 0 Å². The Hall–Kier alpha value is -2.90. The quantitative estimate of drug-likeness (QED) is 0.561. The molecule has 0 fully saturated rings. The number of fused-ring (bicyclic) bond motifs is 1. The van der Waals surface area contributed by atoms with E-state index in [4.69, 9.17) is 11.6 Å². The van der Waals surface area contributed by atoms with Gasteiger partial charge in [0, 0.05) is 16.6 Å². The minimum Gasteiger partial charge on any atom is -0.346 e. The summed E-state index contributed by atoms with van der Waals surface area (Å²) in [6.45, 7) is 3.66. The molecule has 0 saturated heterocycles. The number of amides is 1. The van der Waals surface area contributed by atoms with Crippen LogP contribution in [0.15, 0.2) is 71.6 Å². The number of anilines is 1. The van der Waals surface area contributed by atoms with Gasteiger partial charge in [0.25, 0.3) is 15.9 Å². The molecule has 8 heteroatoms. The van der Waals surface area contributed by atoms with Gasteiger partial charge in [0.15, 0.2) is 0 Å². The van der Waals surface area contributed by atoms with Gasteiger partial charge < -0.3 is 5.32 Å². The normalized spacial score (nSPS) is 16.5. The van der Waals surface area contributed by atoms with Gasteiger partial charge in [-0.15, -0.1) is 0 Å². The zero-order chi connectivity index (χ0) is 23.0. The molecule has 0 saturated carbocycles. The Morgan fingerprint density at radius 3 is 2.41 bits per heavy atom. The summed E-state index contributed by atoms with van der Waals surface area (Å²) >= 11 is 5.90. The second-order valence-electron chi connectivity index (χ2n) is 7.90. The van der Waals surface area contributed by atoms with Gasteiger partial charge in [0.05, 0.1) is 16.6 Å². The summed E-state index contributed by atoms with van der Waals surface area (Å²) in [5.41, 5.74) is 2.58. The number of nitrogens with one attached hydrogen (secondary N) is 1. The second-order valence-corrected chi connectivity index (χ2v) is 10.1. The fraction of sp³-hybridized carbons (Fsp3) is 0.208. The molecule has 1 heterocycles. The van der Waals surface area contributed by atoms with Gasteiger partial charge in [0.1, 0.15) is 5.82 Å². The van der Waals surface area contributed by atoms with Crippen molar-refractivity contribution in [1.82, 2.24) is 5.32 Å². The second kappa shape index (κ2) is 8.56. The van der Waals surface area contributed by atoms with E-state index >= 15 is 0 Å². The maximum absolute atomic E-state index is 13.2. The summed E-state index contributed by atoms with van der Waals surface area (Å²) < 4.78 is 41.0. The summed E-state index contributed by atoms with van der Waals surface area (Å²) in [5, 5.41) is 3.36. The smallest absolute Gasteiger partial charge is 0.264 e. The molecule has 1 aliphatic heterocycles. The standard InChI is InChI=1S/C24H22ClFN2O3S/c1-15-13-19-14-18(24(29)27-16(2)17-3-8-21(26)9-4-17)5-12-23(19)28(15)32(30,31)22-10-6-20(25)7-11-22/h3-12,14-16H,13H2,1-2H3,(H,27,29)/t15-,16+/m0/s1. The van der Waals surface area contributed by atoms with E-state index in [-0.39, 0.29) is 28.7 Å². The van der Waals surface area contributed by atoms with Crippen LogP contribution in [0, 0.1) is 5.82 Å². The molecule has 2 atom stereocenters. The van der Waals surface area contributed by atoms with Crippen molar-refractivity contribution in [2.24, 2.45) is 0 Å². The topological polar surface area (TPSA) is 66.5 Å². The SMILES string of the molecule is C[C@@H](NC(=O)c1ccc2c(c1)C[C@H](C)N2S(=O)(=O)c1ccc(Cl)cc1)c1ccc(F)cc1. The zero-order valence-electron chi connectivity index (χ0n) is 17.5. The van der Waals surface area contributed by atoms with Crippen molar-refractivity contribution < 1.29 is 17.6 Å². The highest BCUT2D eigenvalue weighted by molar-refractivity contribution is 7.92. The molecule has 1 amide bonds. The first-order chi connectivity index (χ1) is 15.2. The van der Waals surface area contributed by atoms with Crippen molar-refractivity contribution in [2.45, 2.75) is 37.2 Å². The van der Waals surface area contributed by atoms with Gasteiger partial charge in [-0.3, -0.25) is 9.10 Å². The van der Waals surface area contributed by atoms with E-state index in [2.05, 4.69) is 5.32 Å². The Labute approximate surface area is 191 Å². The Kier molecular flexibility index (Phi) is 5.97. The van der Waals surface area contributed by atoms with Crippen molar-refractivity contribution in [3.63, 3.8) is 0 Å². The Bertz CT molecular complexity index is 1260. The predicted octanol–water partition coefficient (Wildman–Crippen LogP) is 5.11. The van der Waals surface area contributed by atoms with E-state index in [1.54, 1.807) is 42.5 Å². The maximum atomic E-state index is 13.2. The number of hydrogen-bond donors (Lipinski definition) is 1. The maximum Gasteiger partial charge on any atom is 0.264 e. The van der Waals surface area contributed by atoms with Crippen LogP contribution in [0.25, 0.3) is 0 Å². The molecule has 0 spiro atoms. The fourth-order valence-electron chi connectivity index (χ4n) is 3.95. The molecule has 166 valence electrons. The molecule has 3 aromatic carbocycles. The number of carbonyl (C=O) groups excluding carboxylic acids is 1. The number of sulfonamides is 1. The first kappa shape index (κ1) is 22.3. The highest BCUT2D eigenvalue weighted by Gasteiger charge is 2.36. The lowest BCUT2D eigenvalue weighted by molar-refractivity contribution is 0.0940. The lowest BCUT2D eigenvalue weighted by Gasteiger charge is -2.24. The first-order valence-electron chi connectivity index (χ1n) is 10.2. The first-order valence-corrected chi connectivity index (χ1v) is 12.0. The fourth-order valence-corrected chi connectivity index (χ4v) is 5.76. The van der Waals surface area contributed by atoms with Crippen molar-refractivity contribution in [3.8, 4) is 0 Å². The minimum absolute atomic E-state index is 0.163. The number of rotatable bonds is 5. The van der Waals surface area contributed by atoms with E-state index < -0.39 is 10.0 Å². The summed E-state index contributed by atoms with van der Waals surface area (Å²) in [4.78, 5) is 12.9. The van der Waals surface area contributed by atoms with Gasteiger partial charge in [-0.25, -0.2) is 12.8 Å². The van der Waals surface area contributed by atoms with Crippen LogP contribution in [0.4, 0.5) is 10.1 Å². The Balaban J connectivity index is 1.57. The van der Waals surface area contributed by atoms with E-state index in [1.807, 2.05) is 13.8 Å². The number of benzene rings is 3. The predicted molar refractivity (Wildman–Crippen MR) is 123 cm³/mol. The zero-order valence-corrected chi connectivity index (χ0v) is 19.1. The van der Waals surface area contributed by atoms with Gasteiger partial charge in [0.2, 0.25) is 0 Å². The third-order valence-corrected chi connectivity index (χ3v) is 7.78. The van der Waals surface area contributed by atoms with Crippen LogP contribution >= 0.6 is 11.6 Å². The molecule has 0 bridgehead atoms. The van der Waals surface area contributed by atoms with Crippen LogP contribution in [-0.2, 0) is 16.4 Å². The van der Waals surface area contributed by atoms with Crippen LogP contribution in [0.1, 0.15) is 41.4 Å². The van der Waals surface area contributed by atoms with Crippen LogP contribution in [0.2, 0.25) is 5.02 Å². The van der Waals surface area contributed by atoms with Gasteiger partial charge in [-0.1, -0.05) is 23.7 Å². The molecule has 0 aliphatic carbocycles. The lowest BCUT2D eigenvalue weighted by atomic mass is 10.0. The molecule has 1 aliphatic rings. The molecular formula is C24H22ClFN2O3S. The molecule has 0 unspecified atom stereocenters. The highest BCUT2D eigenvalue weighted by Crippen LogP contribution is 2.37. The summed E-state index contributed by atoms with van der Waals surface area (Å²) in [6.07, 6.45) is 0.497. The molecule has 1 N–H and O–H groups in total. The largest absolute Gasteiger partial charge is 0.346 e. The third kappa shape index (κ3) is 4.23. The monoisotopic (exact) mass is 472 g/mol. The van der Waals surface area contributed by atoms with Gasteiger partial charge in [-0.05, 0) is 86.0 Å². The van der Waals surface area contributed by atoms with E-state index in [9.17, 15) is 17.6 Å². The van der Waals surface area contributed by atoms with Crippen molar-refractivity contribution >= 4 is 33.2 Å². The molecule has 0 aromatic heterocycles. The number of nitrogens with zero attached hydrogens (tertiary/aromatic N) is 1. The molecule has 5 nitrogen and oxygen atoms in total. The molecule has 0 radical (unpaired) electrons. The van der Waals surface area contributed by atoms with Crippen LogP contribution in [0.3, 0.4) is 0 Å². The minimum atomic E-state index is -3.77. The van der Waals surface area contributed by atoms with Crippen LogP contribution < -0.4 is 9.62 Å². The number of halogens is 2. The van der Waals surface area contributed by atoms with E-state index in [1.165, 1.54) is 28.6 Å². The average molecular weight is 473 g/mol.